The van der Waals surface area contributed by atoms with Crippen molar-refractivity contribution in [3.8, 4) is 5.75 Å². The standard InChI is InChI=1S/C14H20FNO4S/c1-16(12-5-3-4-6-13(12)17)21(18,19)10-7-8-14(20-2)11(15)9-10/h7-9,12-13,17H,3-6H2,1-2H3/t12-,13-/m1/s1. The molecule has 7 heteroatoms. The van der Waals surface area contributed by atoms with Crippen LogP contribution in [0.1, 0.15) is 25.7 Å². The molecule has 21 heavy (non-hydrogen) atoms. The Labute approximate surface area is 124 Å². The molecule has 0 radical (unpaired) electrons. The van der Waals surface area contributed by atoms with Crippen LogP contribution in [0.25, 0.3) is 0 Å². The molecule has 0 spiro atoms. The summed E-state index contributed by atoms with van der Waals surface area (Å²) in [4.78, 5) is -0.138. The molecule has 1 saturated carbocycles. The molecule has 0 saturated heterocycles. The number of hydrogen-bond donors (Lipinski definition) is 1. The Morgan fingerprint density at radius 2 is 2.00 bits per heavy atom. The highest BCUT2D eigenvalue weighted by Gasteiger charge is 2.34. The van der Waals surface area contributed by atoms with Gasteiger partial charge >= 0.3 is 0 Å². The fourth-order valence-electron chi connectivity index (χ4n) is 2.67. The first-order valence-corrected chi connectivity index (χ1v) is 8.31. The fraction of sp³-hybridized carbons (Fsp3) is 0.571. The molecule has 2 rings (SSSR count). The van der Waals surface area contributed by atoms with Gasteiger partial charge in [0.25, 0.3) is 0 Å². The second-order valence-corrected chi connectivity index (χ2v) is 7.23. The third kappa shape index (κ3) is 3.20. The summed E-state index contributed by atoms with van der Waals surface area (Å²) < 4.78 is 44.7. The number of benzene rings is 1. The minimum Gasteiger partial charge on any atom is -0.494 e. The molecule has 0 aromatic heterocycles. The smallest absolute Gasteiger partial charge is 0.243 e. The second-order valence-electron chi connectivity index (χ2n) is 5.24. The maximum atomic E-state index is 13.7. The number of aliphatic hydroxyl groups excluding tert-OH is 1. The van der Waals surface area contributed by atoms with Gasteiger partial charge < -0.3 is 9.84 Å². The quantitative estimate of drug-likeness (QED) is 0.919. The van der Waals surface area contributed by atoms with Gasteiger partial charge in [0.15, 0.2) is 11.6 Å². The topological polar surface area (TPSA) is 66.8 Å². The van der Waals surface area contributed by atoms with Crippen LogP contribution in [0.4, 0.5) is 4.39 Å². The van der Waals surface area contributed by atoms with E-state index in [4.69, 9.17) is 4.74 Å². The van der Waals surface area contributed by atoms with E-state index in [1.165, 1.54) is 26.3 Å². The molecule has 0 heterocycles. The normalized spacial score (nSPS) is 23.3. The Hall–Kier alpha value is -1.18. The largest absolute Gasteiger partial charge is 0.494 e. The summed E-state index contributed by atoms with van der Waals surface area (Å²) in [6, 6.07) is 3.07. The number of halogens is 1. The van der Waals surface area contributed by atoms with Crippen LogP contribution in [0.15, 0.2) is 23.1 Å². The van der Waals surface area contributed by atoms with E-state index in [2.05, 4.69) is 0 Å². The molecule has 118 valence electrons. The van der Waals surface area contributed by atoms with E-state index in [-0.39, 0.29) is 10.6 Å². The second kappa shape index (κ2) is 6.29. The van der Waals surface area contributed by atoms with Gasteiger partial charge in [0.1, 0.15) is 0 Å². The molecule has 0 aliphatic heterocycles. The average Bonchev–Trinajstić information content (AvgIpc) is 2.47. The molecule has 0 amide bonds. The van der Waals surface area contributed by atoms with Crippen molar-refractivity contribution in [3.05, 3.63) is 24.0 Å². The van der Waals surface area contributed by atoms with Crippen LogP contribution >= 0.6 is 0 Å². The molecule has 1 aliphatic carbocycles. The van der Waals surface area contributed by atoms with Crippen molar-refractivity contribution in [1.82, 2.24) is 4.31 Å². The van der Waals surface area contributed by atoms with Gasteiger partial charge in [0, 0.05) is 7.05 Å². The Kier molecular flexibility index (Phi) is 4.85. The van der Waals surface area contributed by atoms with E-state index < -0.39 is 28.0 Å². The number of rotatable bonds is 4. The zero-order valence-corrected chi connectivity index (χ0v) is 12.9. The third-order valence-electron chi connectivity index (χ3n) is 3.96. The van der Waals surface area contributed by atoms with E-state index in [0.29, 0.717) is 12.8 Å². The molecule has 1 aliphatic rings. The van der Waals surface area contributed by atoms with Gasteiger partial charge in [0.05, 0.1) is 24.2 Å². The number of likely N-dealkylation sites (N-methyl/N-ethyl adjacent to an activating group) is 1. The van der Waals surface area contributed by atoms with Crippen molar-refractivity contribution in [2.24, 2.45) is 0 Å². The van der Waals surface area contributed by atoms with Gasteiger partial charge in [0.2, 0.25) is 10.0 Å². The lowest BCUT2D eigenvalue weighted by Gasteiger charge is -2.34. The summed E-state index contributed by atoms with van der Waals surface area (Å²) in [5.41, 5.74) is 0. The number of sulfonamides is 1. The number of ether oxygens (including phenoxy) is 1. The van der Waals surface area contributed by atoms with Crippen molar-refractivity contribution in [1.29, 1.82) is 0 Å². The van der Waals surface area contributed by atoms with Crippen LogP contribution in [0.2, 0.25) is 0 Å². The van der Waals surface area contributed by atoms with Gasteiger partial charge in [-0.05, 0) is 31.0 Å². The minimum atomic E-state index is -3.84. The Balaban J connectivity index is 2.30. The monoisotopic (exact) mass is 317 g/mol. The molecule has 0 bridgehead atoms. The average molecular weight is 317 g/mol. The number of methoxy groups -OCH3 is 1. The van der Waals surface area contributed by atoms with Crippen molar-refractivity contribution in [2.75, 3.05) is 14.2 Å². The van der Waals surface area contributed by atoms with Crippen molar-refractivity contribution >= 4 is 10.0 Å². The van der Waals surface area contributed by atoms with E-state index in [1.807, 2.05) is 0 Å². The lowest BCUT2D eigenvalue weighted by Crippen LogP contribution is -2.46. The first-order chi connectivity index (χ1) is 9.87. The van der Waals surface area contributed by atoms with Gasteiger partial charge in [-0.1, -0.05) is 12.8 Å². The van der Waals surface area contributed by atoms with Crippen LogP contribution in [-0.2, 0) is 10.0 Å². The van der Waals surface area contributed by atoms with Gasteiger partial charge in [-0.25, -0.2) is 12.8 Å². The number of hydrogen-bond acceptors (Lipinski definition) is 4. The van der Waals surface area contributed by atoms with Crippen LogP contribution in [-0.4, -0.2) is 44.1 Å². The molecule has 5 nitrogen and oxygen atoms in total. The van der Waals surface area contributed by atoms with E-state index >= 15 is 0 Å². The fourth-order valence-corrected chi connectivity index (χ4v) is 4.10. The van der Waals surface area contributed by atoms with E-state index in [1.54, 1.807) is 0 Å². The lowest BCUT2D eigenvalue weighted by molar-refractivity contribution is 0.0638. The third-order valence-corrected chi connectivity index (χ3v) is 5.84. The first kappa shape index (κ1) is 16.2. The molecule has 1 aromatic rings. The van der Waals surface area contributed by atoms with Gasteiger partial charge in [-0.3, -0.25) is 0 Å². The molecule has 0 unspecified atom stereocenters. The van der Waals surface area contributed by atoms with Crippen LogP contribution in [0, 0.1) is 5.82 Å². The molecule has 1 N–H and O–H groups in total. The zero-order chi connectivity index (χ0) is 15.6. The van der Waals surface area contributed by atoms with Crippen LogP contribution in [0.5, 0.6) is 5.75 Å². The molecular weight excluding hydrogens is 297 g/mol. The van der Waals surface area contributed by atoms with Gasteiger partial charge in [-0.15, -0.1) is 0 Å². The summed E-state index contributed by atoms with van der Waals surface area (Å²) in [5, 5.41) is 9.99. The molecular formula is C14H20FNO4S. The Bertz CT molecular complexity index is 605. The zero-order valence-electron chi connectivity index (χ0n) is 12.1. The Morgan fingerprint density at radius 3 is 2.57 bits per heavy atom. The molecule has 1 aromatic carbocycles. The van der Waals surface area contributed by atoms with E-state index in [0.717, 1.165) is 23.2 Å². The van der Waals surface area contributed by atoms with Crippen molar-refractivity contribution < 1.29 is 22.7 Å². The maximum absolute atomic E-state index is 13.7. The SMILES string of the molecule is COc1ccc(S(=O)(=O)N(C)[C@@H]2CCCC[C@H]2O)cc1F. The van der Waals surface area contributed by atoms with Gasteiger partial charge in [-0.2, -0.15) is 4.31 Å². The lowest BCUT2D eigenvalue weighted by atomic mass is 9.93. The summed E-state index contributed by atoms with van der Waals surface area (Å²) in [7, 11) is -1.10. The maximum Gasteiger partial charge on any atom is 0.243 e. The highest BCUT2D eigenvalue weighted by Crippen LogP contribution is 2.28. The first-order valence-electron chi connectivity index (χ1n) is 6.87. The summed E-state index contributed by atoms with van der Waals surface area (Å²) in [6.45, 7) is 0. The summed E-state index contributed by atoms with van der Waals surface area (Å²) in [5.74, 6) is -0.731. The van der Waals surface area contributed by atoms with Crippen LogP contribution in [0.3, 0.4) is 0 Å². The molecule has 2 atom stereocenters. The van der Waals surface area contributed by atoms with E-state index in [9.17, 15) is 17.9 Å². The highest BCUT2D eigenvalue weighted by atomic mass is 32.2. The number of aliphatic hydroxyl groups is 1. The minimum absolute atomic E-state index is 0.00527. The Morgan fingerprint density at radius 1 is 1.33 bits per heavy atom. The predicted molar refractivity (Wildman–Crippen MR) is 76.2 cm³/mol. The summed E-state index contributed by atoms with van der Waals surface area (Å²) in [6.07, 6.45) is 2.28. The molecule has 1 fully saturated rings. The van der Waals surface area contributed by atoms with Crippen molar-refractivity contribution in [2.45, 2.75) is 42.7 Å². The number of nitrogens with zero attached hydrogens (tertiary/aromatic N) is 1. The summed E-state index contributed by atoms with van der Waals surface area (Å²) >= 11 is 0. The van der Waals surface area contributed by atoms with Crippen LogP contribution < -0.4 is 4.74 Å². The highest BCUT2D eigenvalue weighted by molar-refractivity contribution is 7.89. The predicted octanol–water partition coefficient (Wildman–Crippen LogP) is 1.76. The van der Waals surface area contributed by atoms with Crippen molar-refractivity contribution in [3.63, 3.8) is 0 Å².